The summed E-state index contributed by atoms with van der Waals surface area (Å²) in [6.07, 6.45) is 0. The molecule has 0 fully saturated rings. The lowest BCUT2D eigenvalue weighted by atomic mass is 10.2. The van der Waals surface area contributed by atoms with Gasteiger partial charge in [0.15, 0.2) is 0 Å². The van der Waals surface area contributed by atoms with E-state index >= 15 is 0 Å². The summed E-state index contributed by atoms with van der Waals surface area (Å²) >= 11 is 0. The van der Waals surface area contributed by atoms with Crippen LogP contribution >= 0.6 is 0 Å². The van der Waals surface area contributed by atoms with Crippen LogP contribution in [0.3, 0.4) is 0 Å². The monoisotopic (exact) mass is 310 g/mol. The number of hydrogen-bond acceptors (Lipinski definition) is 3. The molecule has 0 aromatic heterocycles. The fourth-order valence-electron chi connectivity index (χ4n) is 2.90. The predicted octanol–water partition coefficient (Wildman–Crippen LogP) is 2.96. The van der Waals surface area contributed by atoms with Crippen LogP contribution in [0.5, 0.6) is 0 Å². The lowest BCUT2D eigenvalue weighted by molar-refractivity contribution is -0.137. The highest BCUT2D eigenvalue weighted by Gasteiger charge is 2.67. The van der Waals surface area contributed by atoms with Gasteiger partial charge in [-0.3, -0.25) is 0 Å². The zero-order valence-corrected chi connectivity index (χ0v) is 15.3. The van der Waals surface area contributed by atoms with E-state index in [1.54, 1.807) is 6.92 Å². The van der Waals surface area contributed by atoms with Gasteiger partial charge in [0, 0.05) is 0 Å². The quantitative estimate of drug-likeness (QED) is 0.200. The minimum Gasteiger partial charge on any atom is -0.461 e. The smallest absolute Gasteiger partial charge is 0.413 e. The molecule has 0 amide bonds. The van der Waals surface area contributed by atoms with E-state index in [2.05, 4.69) is 16.6 Å². The second kappa shape index (κ2) is 7.03. The van der Waals surface area contributed by atoms with Gasteiger partial charge in [0.25, 0.3) is 0 Å². The molecule has 0 radical (unpaired) electrons. The number of esters is 1. The zero-order valence-electron chi connectivity index (χ0n) is 14.3. The minimum atomic E-state index is -3.03. The van der Waals surface area contributed by atoms with Gasteiger partial charge in [-0.25, -0.2) is 4.79 Å². The SMILES string of the molecule is CC#CCO[Si](C(=[N+]=[N-])C(=O)OC)(C(C)(C)C)C(C)(C)C. The lowest BCUT2D eigenvalue weighted by Gasteiger charge is -2.45. The molecule has 0 rings (SSSR count). The molecular formula is C15H26N2O3Si. The Kier molecular flexibility index (Phi) is 6.56. The highest BCUT2D eigenvalue weighted by Crippen LogP contribution is 2.52. The summed E-state index contributed by atoms with van der Waals surface area (Å²) in [6.45, 7) is 13.8. The van der Waals surface area contributed by atoms with Crippen molar-refractivity contribution < 1.29 is 18.7 Å². The van der Waals surface area contributed by atoms with E-state index in [0.29, 0.717) is 0 Å². The van der Waals surface area contributed by atoms with Crippen LogP contribution in [0.1, 0.15) is 48.5 Å². The summed E-state index contributed by atoms with van der Waals surface area (Å²) in [5.41, 5.74) is 9.45. The molecular weight excluding hydrogens is 284 g/mol. The van der Waals surface area contributed by atoms with Crippen LogP contribution in [-0.4, -0.2) is 38.1 Å². The van der Waals surface area contributed by atoms with Gasteiger partial charge in [0.05, 0.1) is 13.7 Å². The number of carbonyl (C=O) groups is 1. The summed E-state index contributed by atoms with van der Waals surface area (Å²) in [7, 11) is -1.76. The van der Waals surface area contributed by atoms with Crippen LogP contribution in [-0.2, 0) is 14.0 Å². The maximum absolute atomic E-state index is 12.1. The predicted molar refractivity (Wildman–Crippen MR) is 85.2 cm³/mol. The number of hydrogen-bond donors (Lipinski definition) is 0. The van der Waals surface area contributed by atoms with Crippen LogP contribution < -0.4 is 0 Å². The molecule has 0 spiro atoms. The Morgan fingerprint density at radius 2 is 1.67 bits per heavy atom. The molecule has 0 atom stereocenters. The standard InChI is InChI=1S/C15H26N2O3Si/c1-9-10-11-20-21(14(2,3)4,15(5,6)7)12(17-16)13(18)19-8/h11H2,1-8H3. The van der Waals surface area contributed by atoms with Crippen LogP contribution in [0.25, 0.3) is 5.53 Å². The van der Waals surface area contributed by atoms with Crippen molar-refractivity contribution in [2.75, 3.05) is 13.7 Å². The largest absolute Gasteiger partial charge is 0.461 e. The van der Waals surface area contributed by atoms with Gasteiger partial charge in [-0.05, 0) is 17.0 Å². The molecule has 6 heteroatoms. The molecule has 0 bridgehead atoms. The van der Waals surface area contributed by atoms with Gasteiger partial charge in [0.2, 0.25) is 0 Å². The number of nitrogens with zero attached hydrogens (tertiary/aromatic N) is 2. The molecule has 0 aliphatic rings. The highest BCUT2D eigenvalue weighted by molar-refractivity contribution is 7.12. The Labute approximate surface area is 128 Å². The maximum atomic E-state index is 12.1. The normalized spacial score (nSPS) is 12.0. The van der Waals surface area contributed by atoms with Crippen LogP contribution in [0, 0.1) is 11.8 Å². The molecule has 0 saturated heterocycles. The van der Waals surface area contributed by atoms with E-state index in [9.17, 15) is 10.3 Å². The Bertz CT molecular complexity index is 484. The molecule has 0 aromatic carbocycles. The van der Waals surface area contributed by atoms with Gasteiger partial charge >= 0.3 is 19.6 Å². The summed E-state index contributed by atoms with van der Waals surface area (Å²) in [5, 5.41) is -0.796. The maximum Gasteiger partial charge on any atom is 0.413 e. The summed E-state index contributed by atoms with van der Waals surface area (Å²) < 4.78 is 10.9. The second-order valence-electron chi connectivity index (χ2n) is 6.84. The van der Waals surface area contributed by atoms with Crippen molar-refractivity contribution in [1.29, 1.82) is 0 Å². The number of ether oxygens (including phenoxy) is 1. The van der Waals surface area contributed by atoms with Gasteiger partial charge in [-0.1, -0.05) is 47.5 Å². The topological polar surface area (TPSA) is 71.9 Å². The van der Waals surface area contributed by atoms with Crippen molar-refractivity contribution in [3.63, 3.8) is 0 Å². The lowest BCUT2D eigenvalue weighted by Crippen LogP contribution is -2.64. The number of methoxy groups -OCH3 is 1. The first-order valence-electron chi connectivity index (χ1n) is 6.84. The van der Waals surface area contributed by atoms with Gasteiger partial charge in [-0.2, -0.15) is 4.79 Å². The fourth-order valence-corrected chi connectivity index (χ4v) is 8.40. The Balaban J connectivity index is 6.33. The average Bonchev–Trinajstić information content (AvgIpc) is 2.34. The number of carbonyl (C=O) groups excluding carboxylic acids is 1. The molecule has 0 saturated carbocycles. The Morgan fingerprint density at radius 1 is 1.19 bits per heavy atom. The average molecular weight is 310 g/mol. The third kappa shape index (κ3) is 3.82. The van der Waals surface area contributed by atoms with Gasteiger partial charge in [-0.15, -0.1) is 5.92 Å². The summed E-state index contributed by atoms with van der Waals surface area (Å²) in [5.74, 6) is 4.98. The van der Waals surface area contributed by atoms with Crippen LogP contribution in [0.2, 0.25) is 10.1 Å². The van der Waals surface area contributed by atoms with Crippen LogP contribution in [0.15, 0.2) is 0 Å². The Morgan fingerprint density at radius 3 is 1.95 bits per heavy atom. The highest BCUT2D eigenvalue weighted by atomic mass is 28.4. The first-order chi connectivity index (χ1) is 9.49. The van der Waals surface area contributed by atoms with E-state index in [0.717, 1.165) is 0 Å². The molecule has 21 heavy (non-hydrogen) atoms. The van der Waals surface area contributed by atoms with E-state index in [1.165, 1.54) is 7.11 Å². The molecule has 0 aliphatic carbocycles. The second-order valence-corrected chi connectivity index (χ2v) is 12.0. The van der Waals surface area contributed by atoms with E-state index in [4.69, 9.17) is 9.16 Å². The van der Waals surface area contributed by atoms with Crippen molar-refractivity contribution >= 4 is 19.6 Å². The van der Waals surface area contributed by atoms with Crippen molar-refractivity contribution in [3.8, 4) is 11.8 Å². The van der Waals surface area contributed by atoms with E-state index in [-0.39, 0.29) is 11.9 Å². The first kappa shape index (κ1) is 19.6. The van der Waals surface area contributed by atoms with E-state index in [1.807, 2.05) is 41.5 Å². The van der Waals surface area contributed by atoms with Crippen molar-refractivity contribution in [3.05, 3.63) is 5.53 Å². The van der Waals surface area contributed by atoms with Crippen molar-refractivity contribution in [1.82, 2.24) is 0 Å². The zero-order chi connectivity index (χ0) is 16.9. The molecule has 0 aromatic rings. The Hall–Kier alpha value is -1.41. The number of rotatable bonds is 4. The molecule has 0 N–H and O–H groups in total. The third-order valence-electron chi connectivity index (χ3n) is 3.46. The third-order valence-corrected chi connectivity index (χ3v) is 9.24. The van der Waals surface area contributed by atoms with Gasteiger partial charge < -0.3 is 14.7 Å². The molecule has 0 unspecified atom stereocenters. The van der Waals surface area contributed by atoms with Gasteiger partial charge in [0.1, 0.15) is 0 Å². The molecule has 0 heterocycles. The van der Waals surface area contributed by atoms with E-state index < -0.39 is 24.4 Å². The minimum absolute atomic E-state index is 0.0112. The van der Waals surface area contributed by atoms with Crippen molar-refractivity contribution in [2.24, 2.45) is 0 Å². The summed E-state index contributed by atoms with van der Waals surface area (Å²) in [4.78, 5) is 15.4. The first-order valence-corrected chi connectivity index (χ1v) is 8.74. The fraction of sp³-hybridized carbons (Fsp3) is 0.733. The molecule has 5 nitrogen and oxygen atoms in total. The summed E-state index contributed by atoms with van der Waals surface area (Å²) in [6, 6.07) is 0. The molecule has 118 valence electrons. The van der Waals surface area contributed by atoms with Crippen LogP contribution in [0.4, 0.5) is 0 Å². The molecule has 0 aliphatic heterocycles. The van der Waals surface area contributed by atoms with Crippen molar-refractivity contribution in [2.45, 2.75) is 58.5 Å².